The van der Waals surface area contributed by atoms with Gasteiger partial charge in [0.1, 0.15) is 0 Å². The molecule has 2 rings (SSSR count). The summed E-state index contributed by atoms with van der Waals surface area (Å²) in [6.45, 7) is 2.72. The molecule has 1 aromatic heterocycles. The van der Waals surface area contributed by atoms with E-state index >= 15 is 0 Å². The SMILES string of the molecule is CN1CCn2cc(C(=O)O)cc2C1. The molecule has 0 radical (unpaired) electrons. The van der Waals surface area contributed by atoms with Crippen LogP contribution >= 0.6 is 0 Å². The third-order valence-corrected chi connectivity index (χ3v) is 2.39. The molecule has 0 saturated carbocycles. The number of nitrogens with zero attached hydrogens (tertiary/aromatic N) is 2. The Labute approximate surface area is 76.4 Å². The van der Waals surface area contributed by atoms with Crippen LogP contribution in [0.5, 0.6) is 0 Å². The predicted octanol–water partition coefficient (Wildman–Crippen LogP) is 0.632. The summed E-state index contributed by atoms with van der Waals surface area (Å²) in [5, 5.41) is 8.77. The molecule has 4 heteroatoms. The number of aromatic nitrogens is 1. The van der Waals surface area contributed by atoms with Gasteiger partial charge in [0.2, 0.25) is 0 Å². The number of carboxylic acid groups (broad SMARTS) is 1. The van der Waals surface area contributed by atoms with E-state index < -0.39 is 5.97 Å². The minimum atomic E-state index is -0.843. The Bertz CT molecular complexity index is 343. The summed E-state index contributed by atoms with van der Waals surface area (Å²) in [7, 11) is 2.04. The lowest BCUT2D eigenvalue weighted by molar-refractivity contribution is 0.0697. The monoisotopic (exact) mass is 180 g/mol. The maximum absolute atomic E-state index is 10.7. The molecular formula is C9H12N2O2. The number of likely N-dealkylation sites (N-methyl/N-ethyl adjacent to an activating group) is 1. The van der Waals surface area contributed by atoms with Gasteiger partial charge in [0.25, 0.3) is 0 Å². The van der Waals surface area contributed by atoms with Crippen LogP contribution < -0.4 is 0 Å². The third kappa shape index (κ3) is 1.45. The van der Waals surface area contributed by atoms with Crippen LogP contribution in [0.1, 0.15) is 16.1 Å². The van der Waals surface area contributed by atoms with Crippen LogP contribution in [-0.4, -0.2) is 34.1 Å². The molecule has 2 heterocycles. The lowest BCUT2D eigenvalue weighted by Crippen LogP contribution is -2.29. The maximum Gasteiger partial charge on any atom is 0.337 e. The second-order valence-corrected chi connectivity index (χ2v) is 3.46. The molecule has 0 aromatic carbocycles. The van der Waals surface area contributed by atoms with Crippen LogP contribution in [0.2, 0.25) is 0 Å². The van der Waals surface area contributed by atoms with Gasteiger partial charge >= 0.3 is 5.97 Å². The average molecular weight is 180 g/mol. The molecule has 4 nitrogen and oxygen atoms in total. The highest BCUT2D eigenvalue weighted by molar-refractivity contribution is 5.87. The predicted molar refractivity (Wildman–Crippen MR) is 47.7 cm³/mol. The molecule has 1 aromatic rings. The molecule has 0 amide bonds. The van der Waals surface area contributed by atoms with E-state index in [0.29, 0.717) is 5.56 Å². The Balaban J connectivity index is 2.33. The van der Waals surface area contributed by atoms with E-state index in [4.69, 9.17) is 5.11 Å². The van der Waals surface area contributed by atoms with Crippen LogP contribution in [0.25, 0.3) is 0 Å². The van der Waals surface area contributed by atoms with Crippen molar-refractivity contribution in [1.82, 2.24) is 9.47 Å². The number of carbonyl (C=O) groups is 1. The molecule has 0 spiro atoms. The van der Waals surface area contributed by atoms with Gasteiger partial charge in [-0.1, -0.05) is 0 Å². The van der Waals surface area contributed by atoms with E-state index in [1.54, 1.807) is 12.3 Å². The first-order chi connectivity index (χ1) is 6.16. The van der Waals surface area contributed by atoms with Crippen molar-refractivity contribution in [1.29, 1.82) is 0 Å². The molecule has 0 fully saturated rings. The van der Waals surface area contributed by atoms with E-state index in [1.165, 1.54) is 0 Å². The Morgan fingerprint density at radius 2 is 2.31 bits per heavy atom. The summed E-state index contributed by atoms with van der Waals surface area (Å²) in [6, 6.07) is 1.75. The number of carboxylic acids is 1. The van der Waals surface area contributed by atoms with Crippen LogP contribution in [0.3, 0.4) is 0 Å². The summed E-state index contributed by atoms with van der Waals surface area (Å²) in [5.74, 6) is -0.843. The van der Waals surface area contributed by atoms with Gasteiger partial charge in [-0.25, -0.2) is 4.79 Å². The van der Waals surface area contributed by atoms with Gasteiger partial charge in [-0.2, -0.15) is 0 Å². The number of fused-ring (bicyclic) bond motifs is 1. The second-order valence-electron chi connectivity index (χ2n) is 3.46. The van der Waals surface area contributed by atoms with E-state index in [-0.39, 0.29) is 0 Å². The zero-order valence-electron chi connectivity index (χ0n) is 7.53. The molecule has 70 valence electrons. The zero-order chi connectivity index (χ0) is 9.42. The molecule has 0 aliphatic carbocycles. The molecule has 0 saturated heterocycles. The molecule has 0 atom stereocenters. The molecular weight excluding hydrogens is 168 g/mol. The summed E-state index contributed by atoms with van der Waals surface area (Å²) in [5.41, 5.74) is 1.48. The number of hydrogen-bond donors (Lipinski definition) is 1. The molecule has 1 N–H and O–H groups in total. The zero-order valence-corrected chi connectivity index (χ0v) is 7.53. The summed E-state index contributed by atoms with van der Waals surface area (Å²) in [6.07, 6.45) is 1.71. The Hall–Kier alpha value is -1.29. The average Bonchev–Trinajstić information content (AvgIpc) is 2.46. The lowest BCUT2D eigenvalue weighted by Gasteiger charge is -2.24. The highest BCUT2D eigenvalue weighted by Crippen LogP contribution is 2.14. The van der Waals surface area contributed by atoms with Gasteiger partial charge in [-0.05, 0) is 13.1 Å². The minimum absolute atomic E-state index is 0.394. The van der Waals surface area contributed by atoms with Crippen molar-refractivity contribution >= 4 is 5.97 Å². The standard InChI is InChI=1S/C9H12N2O2/c1-10-2-3-11-5-7(9(12)13)4-8(11)6-10/h4-5H,2-3,6H2,1H3,(H,12,13). The highest BCUT2D eigenvalue weighted by Gasteiger charge is 2.16. The first-order valence-corrected chi connectivity index (χ1v) is 4.28. The number of hydrogen-bond acceptors (Lipinski definition) is 2. The Morgan fingerprint density at radius 3 is 3.00 bits per heavy atom. The van der Waals surface area contributed by atoms with E-state index in [9.17, 15) is 4.79 Å². The quantitative estimate of drug-likeness (QED) is 0.689. The summed E-state index contributed by atoms with van der Waals surface area (Å²) in [4.78, 5) is 12.9. The molecule has 13 heavy (non-hydrogen) atoms. The van der Waals surface area contributed by atoms with Gasteiger partial charge < -0.3 is 9.67 Å². The first-order valence-electron chi connectivity index (χ1n) is 4.28. The Morgan fingerprint density at radius 1 is 1.54 bits per heavy atom. The van der Waals surface area contributed by atoms with Crippen molar-refractivity contribution in [2.45, 2.75) is 13.1 Å². The number of aromatic carboxylic acids is 1. The van der Waals surface area contributed by atoms with Crippen LogP contribution in [0.15, 0.2) is 12.3 Å². The van der Waals surface area contributed by atoms with Crippen molar-refractivity contribution in [3.63, 3.8) is 0 Å². The van der Waals surface area contributed by atoms with Crippen LogP contribution in [-0.2, 0) is 13.1 Å². The first kappa shape index (κ1) is 8.31. The van der Waals surface area contributed by atoms with Crippen molar-refractivity contribution < 1.29 is 9.90 Å². The highest BCUT2D eigenvalue weighted by atomic mass is 16.4. The van der Waals surface area contributed by atoms with Crippen LogP contribution in [0, 0.1) is 0 Å². The van der Waals surface area contributed by atoms with Gasteiger partial charge in [0.15, 0.2) is 0 Å². The largest absolute Gasteiger partial charge is 0.478 e. The van der Waals surface area contributed by atoms with Gasteiger partial charge in [-0.15, -0.1) is 0 Å². The number of rotatable bonds is 1. The Kier molecular flexibility index (Phi) is 1.84. The fourth-order valence-corrected chi connectivity index (χ4v) is 1.65. The summed E-state index contributed by atoms with van der Waals surface area (Å²) < 4.78 is 2.02. The maximum atomic E-state index is 10.7. The van der Waals surface area contributed by atoms with E-state index in [0.717, 1.165) is 25.3 Å². The molecule has 0 unspecified atom stereocenters. The smallest absolute Gasteiger partial charge is 0.337 e. The normalized spacial score (nSPS) is 17.0. The topological polar surface area (TPSA) is 45.5 Å². The lowest BCUT2D eigenvalue weighted by atomic mass is 10.3. The molecule has 0 bridgehead atoms. The van der Waals surface area contributed by atoms with Gasteiger partial charge in [0, 0.05) is 31.5 Å². The van der Waals surface area contributed by atoms with Crippen molar-refractivity contribution in [3.05, 3.63) is 23.5 Å². The third-order valence-electron chi connectivity index (χ3n) is 2.39. The van der Waals surface area contributed by atoms with Crippen LogP contribution in [0.4, 0.5) is 0 Å². The second kappa shape index (κ2) is 2.88. The van der Waals surface area contributed by atoms with Crippen molar-refractivity contribution in [2.75, 3.05) is 13.6 Å². The molecule has 1 aliphatic heterocycles. The minimum Gasteiger partial charge on any atom is -0.478 e. The fraction of sp³-hybridized carbons (Fsp3) is 0.444. The van der Waals surface area contributed by atoms with Crippen molar-refractivity contribution in [2.24, 2.45) is 0 Å². The van der Waals surface area contributed by atoms with Crippen molar-refractivity contribution in [3.8, 4) is 0 Å². The van der Waals surface area contributed by atoms with Gasteiger partial charge in [-0.3, -0.25) is 4.90 Å². The molecule has 1 aliphatic rings. The van der Waals surface area contributed by atoms with E-state index in [2.05, 4.69) is 4.90 Å². The van der Waals surface area contributed by atoms with E-state index in [1.807, 2.05) is 11.6 Å². The van der Waals surface area contributed by atoms with Gasteiger partial charge in [0.05, 0.1) is 5.56 Å². The fourth-order valence-electron chi connectivity index (χ4n) is 1.65. The summed E-state index contributed by atoms with van der Waals surface area (Å²) >= 11 is 0.